The van der Waals surface area contributed by atoms with Crippen molar-refractivity contribution < 1.29 is 13.7 Å². The number of benzene rings is 2. The molecule has 3 heterocycles. The maximum absolute atomic E-state index is 13.7. The zero-order valence-electron chi connectivity index (χ0n) is 16.2. The van der Waals surface area contributed by atoms with Crippen LogP contribution in [0.15, 0.2) is 59.1 Å². The number of nitrogens with zero attached hydrogens (tertiary/aromatic N) is 4. The quantitative estimate of drug-likeness (QED) is 0.554. The van der Waals surface area contributed by atoms with Gasteiger partial charge < -0.3 is 9.42 Å². The van der Waals surface area contributed by atoms with Crippen molar-refractivity contribution in [3.05, 3.63) is 71.8 Å². The van der Waals surface area contributed by atoms with E-state index in [4.69, 9.17) is 4.52 Å². The van der Waals surface area contributed by atoms with Gasteiger partial charge in [-0.3, -0.25) is 9.89 Å². The first-order valence-electron chi connectivity index (χ1n) is 9.60. The van der Waals surface area contributed by atoms with Crippen molar-refractivity contribution in [1.82, 2.24) is 20.3 Å². The monoisotopic (exact) mass is 403 g/mol. The summed E-state index contributed by atoms with van der Waals surface area (Å²) in [6.07, 6.45) is 0.243. The second-order valence-corrected chi connectivity index (χ2v) is 7.33. The molecular formula is C22H18FN5O2. The van der Waals surface area contributed by atoms with Crippen molar-refractivity contribution in [2.75, 3.05) is 11.4 Å². The maximum Gasteiger partial charge on any atom is 0.275 e. The van der Waals surface area contributed by atoms with Crippen LogP contribution in [0.25, 0.3) is 22.8 Å². The smallest absolute Gasteiger partial charge is 0.275 e. The first-order chi connectivity index (χ1) is 14.6. The minimum absolute atomic E-state index is 0.0899. The Morgan fingerprint density at radius 1 is 1.17 bits per heavy atom. The van der Waals surface area contributed by atoms with Crippen LogP contribution < -0.4 is 4.90 Å². The Hall–Kier alpha value is -3.81. The molecule has 1 unspecified atom stereocenters. The maximum atomic E-state index is 13.7. The molecule has 0 radical (unpaired) electrons. The Morgan fingerprint density at radius 3 is 2.83 bits per heavy atom. The molecule has 1 aliphatic rings. The lowest BCUT2D eigenvalue weighted by molar-refractivity contribution is -0.117. The number of carbonyl (C=O) groups is 1. The SMILES string of the molecule is Cc1ccc(F)cc1N1CC(c2noc(-c3cc(-c4ccccc4)n[nH]3)n2)CC1=O. The molecule has 4 aromatic rings. The Balaban J connectivity index is 1.37. The molecular weight excluding hydrogens is 385 g/mol. The fourth-order valence-corrected chi connectivity index (χ4v) is 3.68. The molecule has 5 rings (SSSR count). The lowest BCUT2D eigenvalue weighted by Gasteiger charge is -2.18. The van der Waals surface area contributed by atoms with Crippen LogP contribution in [0.5, 0.6) is 0 Å². The summed E-state index contributed by atoms with van der Waals surface area (Å²) >= 11 is 0. The predicted molar refractivity (Wildman–Crippen MR) is 108 cm³/mol. The number of aromatic amines is 1. The van der Waals surface area contributed by atoms with Crippen LogP contribution >= 0.6 is 0 Å². The van der Waals surface area contributed by atoms with Crippen LogP contribution in [0.2, 0.25) is 0 Å². The van der Waals surface area contributed by atoms with Crippen LogP contribution in [0.1, 0.15) is 23.7 Å². The fraction of sp³-hybridized carbons (Fsp3) is 0.182. The molecule has 1 aliphatic heterocycles. The van der Waals surface area contributed by atoms with Gasteiger partial charge in [0.15, 0.2) is 5.82 Å². The molecule has 30 heavy (non-hydrogen) atoms. The Kier molecular flexibility index (Phi) is 4.39. The van der Waals surface area contributed by atoms with Gasteiger partial charge in [-0.2, -0.15) is 10.1 Å². The Bertz CT molecular complexity index is 1220. The Morgan fingerprint density at radius 2 is 2.00 bits per heavy atom. The highest BCUT2D eigenvalue weighted by Crippen LogP contribution is 2.33. The zero-order chi connectivity index (χ0) is 20.7. The summed E-state index contributed by atoms with van der Waals surface area (Å²) < 4.78 is 19.1. The van der Waals surface area contributed by atoms with E-state index in [1.807, 2.05) is 43.3 Å². The van der Waals surface area contributed by atoms with Gasteiger partial charge in [0.1, 0.15) is 11.5 Å². The summed E-state index contributed by atoms with van der Waals surface area (Å²) in [4.78, 5) is 18.6. The van der Waals surface area contributed by atoms with E-state index in [-0.39, 0.29) is 24.1 Å². The summed E-state index contributed by atoms with van der Waals surface area (Å²) in [5.74, 6) is 0.0718. The third kappa shape index (κ3) is 3.26. The van der Waals surface area contributed by atoms with Gasteiger partial charge in [0.25, 0.3) is 5.89 Å². The van der Waals surface area contributed by atoms with Gasteiger partial charge in [0.2, 0.25) is 5.91 Å². The third-order valence-electron chi connectivity index (χ3n) is 5.27. The van der Waals surface area contributed by atoms with E-state index in [0.29, 0.717) is 29.6 Å². The van der Waals surface area contributed by atoms with E-state index in [1.54, 1.807) is 11.0 Å². The zero-order valence-corrected chi connectivity index (χ0v) is 16.2. The van der Waals surface area contributed by atoms with Gasteiger partial charge in [-0.1, -0.05) is 41.6 Å². The van der Waals surface area contributed by atoms with Crippen LogP contribution in [-0.2, 0) is 4.79 Å². The number of amides is 1. The second kappa shape index (κ2) is 7.22. The number of hydrogen-bond donors (Lipinski definition) is 1. The highest BCUT2D eigenvalue weighted by atomic mass is 19.1. The number of H-pyrrole nitrogens is 1. The van der Waals surface area contributed by atoms with Crippen molar-refractivity contribution >= 4 is 11.6 Å². The topological polar surface area (TPSA) is 87.9 Å². The molecule has 1 N–H and O–H groups in total. The van der Waals surface area contributed by atoms with Gasteiger partial charge in [-0.15, -0.1) is 0 Å². The lowest BCUT2D eigenvalue weighted by atomic mass is 10.1. The number of aryl methyl sites for hydroxylation is 1. The number of anilines is 1. The van der Waals surface area contributed by atoms with Crippen molar-refractivity contribution in [2.24, 2.45) is 0 Å². The van der Waals surface area contributed by atoms with E-state index in [9.17, 15) is 9.18 Å². The summed E-state index contributed by atoms with van der Waals surface area (Å²) in [5, 5.41) is 11.3. The molecule has 1 saturated heterocycles. The molecule has 0 aliphatic carbocycles. The molecule has 0 saturated carbocycles. The average Bonchev–Trinajstić information content (AvgIpc) is 3.49. The standard InChI is InChI=1S/C22H18FN5O2/c1-13-7-8-16(23)10-19(13)28-12-15(9-20(28)29)21-24-22(30-27-21)18-11-17(25-26-18)14-5-3-2-4-6-14/h2-8,10-11,15H,9,12H2,1H3,(H,25,26). The van der Waals surface area contributed by atoms with Crippen molar-refractivity contribution in [2.45, 2.75) is 19.3 Å². The highest BCUT2D eigenvalue weighted by molar-refractivity contribution is 5.97. The largest absolute Gasteiger partial charge is 0.332 e. The van der Waals surface area contributed by atoms with E-state index in [1.165, 1.54) is 12.1 Å². The second-order valence-electron chi connectivity index (χ2n) is 7.33. The van der Waals surface area contributed by atoms with Crippen molar-refractivity contribution in [3.63, 3.8) is 0 Å². The molecule has 1 atom stereocenters. The number of aromatic nitrogens is 4. The third-order valence-corrected chi connectivity index (χ3v) is 5.27. The molecule has 7 nitrogen and oxygen atoms in total. The summed E-state index contributed by atoms with van der Waals surface area (Å²) in [5.41, 5.74) is 3.77. The number of nitrogens with one attached hydrogen (secondary N) is 1. The molecule has 0 spiro atoms. The highest BCUT2D eigenvalue weighted by Gasteiger charge is 2.35. The first kappa shape index (κ1) is 18.2. The van der Waals surface area contributed by atoms with Crippen LogP contribution in [-0.4, -0.2) is 32.8 Å². The lowest BCUT2D eigenvalue weighted by Crippen LogP contribution is -2.25. The van der Waals surface area contributed by atoms with Gasteiger partial charge in [0, 0.05) is 30.1 Å². The van der Waals surface area contributed by atoms with Crippen LogP contribution in [0.3, 0.4) is 0 Å². The van der Waals surface area contributed by atoms with Gasteiger partial charge in [-0.05, 0) is 30.7 Å². The summed E-state index contributed by atoms with van der Waals surface area (Å²) in [6, 6.07) is 16.0. The molecule has 150 valence electrons. The van der Waals surface area contributed by atoms with E-state index in [0.717, 1.165) is 16.8 Å². The van der Waals surface area contributed by atoms with Gasteiger partial charge in [0.05, 0.1) is 5.69 Å². The molecule has 1 fully saturated rings. The normalized spacial score (nSPS) is 16.4. The molecule has 2 aromatic carbocycles. The van der Waals surface area contributed by atoms with Crippen LogP contribution in [0.4, 0.5) is 10.1 Å². The van der Waals surface area contributed by atoms with E-state index < -0.39 is 0 Å². The molecule has 8 heteroatoms. The predicted octanol–water partition coefficient (Wildman–Crippen LogP) is 4.09. The minimum atomic E-state index is -0.373. The number of hydrogen-bond acceptors (Lipinski definition) is 5. The average molecular weight is 403 g/mol. The molecule has 2 aromatic heterocycles. The van der Waals surface area contributed by atoms with E-state index in [2.05, 4.69) is 20.3 Å². The van der Waals surface area contributed by atoms with Gasteiger partial charge in [-0.25, -0.2) is 4.39 Å². The van der Waals surface area contributed by atoms with Crippen molar-refractivity contribution in [3.8, 4) is 22.8 Å². The van der Waals surface area contributed by atoms with Crippen molar-refractivity contribution in [1.29, 1.82) is 0 Å². The minimum Gasteiger partial charge on any atom is -0.332 e. The number of rotatable bonds is 4. The van der Waals surface area contributed by atoms with Gasteiger partial charge >= 0.3 is 0 Å². The molecule has 0 bridgehead atoms. The summed E-state index contributed by atoms with van der Waals surface area (Å²) in [7, 11) is 0. The number of halogens is 1. The Labute approximate surface area is 171 Å². The molecule has 1 amide bonds. The fourth-order valence-electron chi connectivity index (χ4n) is 3.68. The first-order valence-corrected chi connectivity index (χ1v) is 9.60. The number of carbonyl (C=O) groups excluding carboxylic acids is 1. The summed E-state index contributed by atoms with van der Waals surface area (Å²) in [6.45, 7) is 2.23. The van der Waals surface area contributed by atoms with Crippen LogP contribution in [0, 0.1) is 12.7 Å². The van der Waals surface area contributed by atoms with E-state index >= 15 is 0 Å².